The number of benzene rings is 1. The Hall–Kier alpha value is -1.54. The Morgan fingerprint density at radius 3 is 2.94 bits per heavy atom. The summed E-state index contributed by atoms with van der Waals surface area (Å²) in [6, 6.07) is 6.11. The van der Waals surface area contributed by atoms with Gasteiger partial charge in [-0.2, -0.15) is 17.0 Å². The molecule has 1 aromatic rings. The number of hydrogen-bond acceptors (Lipinski definition) is 4. The van der Waals surface area contributed by atoms with Gasteiger partial charge in [0.2, 0.25) is 0 Å². The van der Waals surface area contributed by atoms with Crippen molar-refractivity contribution in [2.24, 2.45) is 5.92 Å². The number of methoxy groups -OCH3 is 1. The topological polar surface area (TPSA) is 50.1 Å². The highest BCUT2D eigenvalue weighted by Crippen LogP contribution is 2.20. The smallest absolute Gasteiger partial charge is 0.309 e. The molecule has 0 aliphatic heterocycles. The first kappa shape index (κ1) is 14.5. The van der Waals surface area contributed by atoms with Crippen LogP contribution in [0, 0.1) is 23.1 Å². The molecule has 0 amide bonds. The second-order valence-electron chi connectivity index (χ2n) is 3.85. The molecular weight excluding hydrogens is 253 g/mol. The summed E-state index contributed by atoms with van der Waals surface area (Å²) in [5, 5.41) is 8.89. The zero-order valence-electron chi connectivity index (χ0n) is 10.3. The van der Waals surface area contributed by atoms with Gasteiger partial charge in [0.15, 0.2) is 0 Å². The number of carbonyl (C=O) groups excluding carboxylic acids is 1. The van der Waals surface area contributed by atoms with E-state index in [-0.39, 0.29) is 17.7 Å². The molecule has 0 aliphatic rings. The molecular formula is C13H14FNO2S. The fourth-order valence-electron chi connectivity index (χ4n) is 1.41. The first-order valence-electron chi connectivity index (χ1n) is 5.42. The van der Waals surface area contributed by atoms with Gasteiger partial charge in [0.25, 0.3) is 0 Å². The maximum atomic E-state index is 13.1. The molecule has 0 spiro atoms. The van der Waals surface area contributed by atoms with Gasteiger partial charge >= 0.3 is 5.97 Å². The molecule has 0 radical (unpaired) electrons. The van der Waals surface area contributed by atoms with Crippen LogP contribution in [0.4, 0.5) is 4.39 Å². The van der Waals surface area contributed by atoms with Crippen molar-refractivity contribution in [3.8, 4) is 6.07 Å². The van der Waals surface area contributed by atoms with Crippen LogP contribution in [0.15, 0.2) is 18.2 Å². The van der Waals surface area contributed by atoms with Crippen LogP contribution < -0.4 is 0 Å². The van der Waals surface area contributed by atoms with E-state index >= 15 is 0 Å². The first-order chi connectivity index (χ1) is 8.58. The summed E-state index contributed by atoms with van der Waals surface area (Å²) in [6.45, 7) is 1.77. The molecule has 0 aliphatic carbocycles. The number of nitrogens with zero attached hydrogens (tertiary/aromatic N) is 1. The Labute approximate surface area is 110 Å². The van der Waals surface area contributed by atoms with Crippen LogP contribution in [0.5, 0.6) is 0 Å². The summed E-state index contributed by atoms with van der Waals surface area (Å²) in [5.41, 5.74) is 1.12. The van der Waals surface area contributed by atoms with Gasteiger partial charge in [-0.15, -0.1) is 0 Å². The van der Waals surface area contributed by atoms with E-state index in [4.69, 9.17) is 5.26 Å². The highest BCUT2D eigenvalue weighted by atomic mass is 32.2. The van der Waals surface area contributed by atoms with Gasteiger partial charge in [0.1, 0.15) is 5.82 Å². The van der Waals surface area contributed by atoms with Gasteiger partial charge in [-0.25, -0.2) is 4.39 Å². The lowest BCUT2D eigenvalue weighted by atomic mass is 10.1. The molecule has 0 saturated heterocycles. The number of carbonyl (C=O) groups is 1. The van der Waals surface area contributed by atoms with E-state index in [1.165, 1.54) is 37.1 Å². The molecule has 0 fully saturated rings. The monoisotopic (exact) mass is 267 g/mol. The molecule has 18 heavy (non-hydrogen) atoms. The van der Waals surface area contributed by atoms with E-state index in [2.05, 4.69) is 4.74 Å². The van der Waals surface area contributed by atoms with E-state index in [1.54, 1.807) is 6.92 Å². The van der Waals surface area contributed by atoms with Crippen LogP contribution in [0.25, 0.3) is 0 Å². The lowest BCUT2D eigenvalue weighted by Crippen LogP contribution is -2.14. The van der Waals surface area contributed by atoms with Crippen LogP contribution in [-0.4, -0.2) is 18.8 Å². The van der Waals surface area contributed by atoms with Crippen molar-refractivity contribution >= 4 is 17.7 Å². The van der Waals surface area contributed by atoms with Gasteiger partial charge in [-0.1, -0.05) is 6.92 Å². The van der Waals surface area contributed by atoms with Crippen LogP contribution in [0.1, 0.15) is 18.1 Å². The normalized spacial score (nSPS) is 11.7. The molecule has 1 atom stereocenters. The Morgan fingerprint density at radius 2 is 2.33 bits per heavy atom. The number of rotatable bonds is 5. The quantitative estimate of drug-likeness (QED) is 0.770. The minimum Gasteiger partial charge on any atom is -0.469 e. The Morgan fingerprint density at radius 1 is 1.61 bits per heavy atom. The third kappa shape index (κ3) is 4.04. The SMILES string of the molecule is COC(=O)C(C)CSCc1cc(F)ccc1C#N. The number of thioether (sulfide) groups is 1. The number of hydrogen-bond donors (Lipinski definition) is 0. The van der Waals surface area contributed by atoms with Gasteiger partial charge in [0.05, 0.1) is 24.7 Å². The molecule has 1 rings (SSSR count). The summed E-state index contributed by atoms with van der Waals surface area (Å²) in [7, 11) is 1.35. The summed E-state index contributed by atoms with van der Waals surface area (Å²) >= 11 is 1.48. The predicted molar refractivity (Wildman–Crippen MR) is 68.5 cm³/mol. The molecule has 1 aromatic carbocycles. The third-order valence-corrected chi connectivity index (χ3v) is 3.67. The van der Waals surface area contributed by atoms with Crippen LogP contribution >= 0.6 is 11.8 Å². The minimum atomic E-state index is -0.356. The van der Waals surface area contributed by atoms with E-state index in [0.717, 1.165) is 0 Å². The average molecular weight is 267 g/mol. The largest absolute Gasteiger partial charge is 0.469 e. The maximum absolute atomic E-state index is 13.1. The summed E-state index contributed by atoms with van der Waals surface area (Å²) in [4.78, 5) is 11.2. The fraction of sp³-hybridized carbons (Fsp3) is 0.385. The van der Waals surface area contributed by atoms with E-state index in [0.29, 0.717) is 22.6 Å². The number of nitriles is 1. The third-order valence-electron chi connectivity index (χ3n) is 2.42. The molecule has 1 unspecified atom stereocenters. The van der Waals surface area contributed by atoms with E-state index in [9.17, 15) is 9.18 Å². The van der Waals surface area contributed by atoms with Gasteiger partial charge in [-0.3, -0.25) is 4.79 Å². The van der Waals surface area contributed by atoms with E-state index in [1.807, 2.05) is 6.07 Å². The predicted octanol–water partition coefficient (Wildman–Crippen LogP) is 2.74. The van der Waals surface area contributed by atoms with Gasteiger partial charge in [0, 0.05) is 11.5 Å². The highest BCUT2D eigenvalue weighted by Gasteiger charge is 2.13. The van der Waals surface area contributed by atoms with Crippen molar-refractivity contribution in [1.82, 2.24) is 0 Å². The standard InChI is InChI=1S/C13H14FNO2S/c1-9(13(16)17-2)7-18-8-11-5-12(14)4-3-10(11)6-15/h3-5,9H,7-8H2,1-2H3. The van der Waals surface area contributed by atoms with Crippen molar-refractivity contribution in [2.75, 3.05) is 12.9 Å². The zero-order valence-corrected chi connectivity index (χ0v) is 11.1. The molecule has 0 saturated carbocycles. The fourth-order valence-corrected chi connectivity index (χ4v) is 2.47. The minimum absolute atomic E-state index is 0.209. The molecule has 96 valence electrons. The van der Waals surface area contributed by atoms with Crippen LogP contribution in [-0.2, 0) is 15.3 Å². The number of esters is 1. The average Bonchev–Trinajstić information content (AvgIpc) is 2.38. The Balaban J connectivity index is 2.56. The van der Waals surface area contributed by atoms with Crippen LogP contribution in [0.3, 0.4) is 0 Å². The molecule has 0 heterocycles. The van der Waals surface area contributed by atoms with Crippen LogP contribution in [0.2, 0.25) is 0 Å². The summed E-state index contributed by atoms with van der Waals surface area (Å²) in [5.74, 6) is 0.253. The molecule has 0 bridgehead atoms. The van der Waals surface area contributed by atoms with Gasteiger partial charge in [-0.05, 0) is 23.8 Å². The molecule has 0 N–H and O–H groups in total. The molecule has 0 aromatic heterocycles. The number of halogens is 1. The maximum Gasteiger partial charge on any atom is 0.309 e. The zero-order chi connectivity index (χ0) is 13.5. The lowest BCUT2D eigenvalue weighted by Gasteiger charge is -2.09. The highest BCUT2D eigenvalue weighted by molar-refractivity contribution is 7.98. The van der Waals surface area contributed by atoms with Crippen molar-refractivity contribution in [3.63, 3.8) is 0 Å². The van der Waals surface area contributed by atoms with Crippen molar-refractivity contribution in [2.45, 2.75) is 12.7 Å². The second kappa shape index (κ2) is 7.02. The Bertz CT molecular complexity index is 471. The first-order valence-corrected chi connectivity index (χ1v) is 6.58. The Kier molecular flexibility index (Phi) is 5.66. The van der Waals surface area contributed by atoms with E-state index < -0.39 is 0 Å². The van der Waals surface area contributed by atoms with Crippen molar-refractivity contribution in [3.05, 3.63) is 35.1 Å². The van der Waals surface area contributed by atoms with Crippen molar-refractivity contribution in [1.29, 1.82) is 5.26 Å². The summed E-state index contributed by atoms with van der Waals surface area (Å²) < 4.78 is 17.7. The second-order valence-corrected chi connectivity index (χ2v) is 4.88. The molecule has 3 nitrogen and oxygen atoms in total. The molecule has 5 heteroatoms. The van der Waals surface area contributed by atoms with Crippen molar-refractivity contribution < 1.29 is 13.9 Å². The number of ether oxygens (including phenoxy) is 1. The van der Waals surface area contributed by atoms with Gasteiger partial charge < -0.3 is 4.74 Å². The lowest BCUT2D eigenvalue weighted by molar-refractivity contribution is -0.143. The summed E-state index contributed by atoms with van der Waals surface area (Å²) in [6.07, 6.45) is 0.